The van der Waals surface area contributed by atoms with Crippen LogP contribution < -0.4 is 14.8 Å². The SMILES string of the molecule is Cc1nc(-c2ccc(Cl)s2)sc1C(=O)Nc1ccc2c(c1)OCCCO2. The number of amides is 1. The number of ether oxygens (including phenoxy) is 2. The zero-order valence-corrected chi connectivity index (χ0v) is 16.3. The van der Waals surface area contributed by atoms with E-state index >= 15 is 0 Å². The molecule has 4 rings (SSSR count). The molecule has 0 saturated heterocycles. The number of benzene rings is 1. The van der Waals surface area contributed by atoms with Crippen LogP contribution >= 0.6 is 34.3 Å². The number of rotatable bonds is 3. The van der Waals surface area contributed by atoms with Gasteiger partial charge in [-0.25, -0.2) is 4.98 Å². The number of hydrogen-bond acceptors (Lipinski definition) is 6. The summed E-state index contributed by atoms with van der Waals surface area (Å²) in [4.78, 5) is 18.7. The number of anilines is 1. The number of hydrogen-bond donors (Lipinski definition) is 1. The molecular formula is C18H15ClN2O3S2. The molecule has 0 spiro atoms. The van der Waals surface area contributed by atoms with Crippen LogP contribution in [0.1, 0.15) is 21.8 Å². The molecule has 1 N–H and O–H groups in total. The molecule has 8 heteroatoms. The van der Waals surface area contributed by atoms with Crippen molar-refractivity contribution in [2.45, 2.75) is 13.3 Å². The largest absolute Gasteiger partial charge is 0.490 e. The van der Waals surface area contributed by atoms with Crippen LogP contribution in [0.2, 0.25) is 4.34 Å². The Balaban J connectivity index is 1.55. The highest BCUT2D eigenvalue weighted by Gasteiger charge is 2.18. The molecule has 26 heavy (non-hydrogen) atoms. The number of fused-ring (bicyclic) bond motifs is 1. The van der Waals surface area contributed by atoms with Crippen LogP contribution in [-0.2, 0) is 0 Å². The molecule has 1 aromatic carbocycles. The lowest BCUT2D eigenvalue weighted by Gasteiger charge is -2.10. The second kappa shape index (κ2) is 7.26. The van der Waals surface area contributed by atoms with Crippen LogP contribution in [0.3, 0.4) is 0 Å². The first kappa shape index (κ1) is 17.3. The number of carbonyl (C=O) groups excluding carboxylic acids is 1. The number of thiazole rings is 1. The van der Waals surface area contributed by atoms with E-state index in [1.54, 1.807) is 6.07 Å². The van der Waals surface area contributed by atoms with Crippen LogP contribution in [-0.4, -0.2) is 24.1 Å². The highest BCUT2D eigenvalue weighted by molar-refractivity contribution is 7.24. The molecule has 0 fully saturated rings. The van der Waals surface area contributed by atoms with E-state index < -0.39 is 0 Å². The van der Waals surface area contributed by atoms with E-state index in [1.165, 1.54) is 22.7 Å². The number of aryl methyl sites for hydroxylation is 1. The molecule has 0 radical (unpaired) electrons. The summed E-state index contributed by atoms with van der Waals surface area (Å²) in [5.41, 5.74) is 1.36. The van der Waals surface area contributed by atoms with Crippen molar-refractivity contribution in [2.75, 3.05) is 18.5 Å². The smallest absolute Gasteiger partial charge is 0.267 e. The van der Waals surface area contributed by atoms with Gasteiger partial charge in [0, 0.05) is 18.2 Å². The van der Waals surface area contributed by atoms with Gasteiger partial charge in [0.05, 0.1) is 28.1 Å². The van der Waals surface area contributed by atoms with Gasteiger partial charge in [-0.1, -0.05) is 11.6 Å². The van der Waals surface area contributed by atoms with Gasteiger partial charge in [0.15, 0.2) is 11.5 Å². The number of aromatic nitrogens is 1. The molecule has 3 heterocycles. The first-order chi connectivity index (χ1) is 12.6. The Morgan fingerprint density at radius 2 is 1.96 bits per heavy atom. The summed E-state index contributed by atoms with van der Waals surface area (Å²) in [6.45, 7) is 3.07. The van der Waals surface area contributed by atoms with E-state index in [0.29, 0.717) is 45.3 Å². The minimum atomic E-state index is -0.191. The van der Waals surface area contributed by atoms with Gasteiger partial charge in [-0.05, 0) is 31.2 Å². The Bertz CT molecular complexity index is 967. The predicted octanol–water partition coefficient (Wildman–Crippen LogP) is 5.25. The fraction of sp³-hybridized carbons (Fsp3) is 0.222. The summed E-state index contributed by atoms with van der Waals surface area (Å²) in [6.07, 6.45) is 0.839. The minimum Gasteiger partial charge on any atom is -0.490 e. The molecule has 5 nitrogen and oxygen atoms in total. The summed E-state index contributed by atoms with van der Waals surface area (Å²) in [5.74, 6) is 1.16. The van der Waals surface area contributed by atoms with Crippen LogP contribution in [0.15, 0.2) is 30.3 Å². The second-order valence-electron chi connectivity index (χ2n) is 5.70. The van der Waals surface area contributed by atoms with Crippen molar-refractivity contribution >= 4 is 45.9 Å². The summed E-state index contributed by atoms with van der Waals surface area (Å²) < 4.78 is 12.0. The van der Waals surface area contributed by atoms with Gasteiger partial charge in [0.2, 0.25) is 0 Å². The van der Waals surface area contributed by atoms with E-state index in [9.17, 15) is 4.79 Å². The molecule has 0 aliphatic carbocycles. The number of nitrogens with zero attached hydrogens (tertiary/aromatic N) is 1. The van der Waals surface area contributed by atoms with Crippen LogP contribution in [0.25, 0.3) is 9.88 Å². The van der Waals surface area contributed by atoms with Crippen molar-refractivity contribution in [1.82, 2.24) is 4.98 Å². The van der Waals surface area contributed by atoms with Gasteiger partial charge >= 0.3 is 0 Å². The van der Waals surface area contributed by atoms with E-state index in [1.807, 2.05) is 31.2 Å². The van der Waals surface area contributed by atoms with Crippen LogP contribution in [0, 0.1) is 6.92 Å². The number of nitrogens with one attached hydrogen (secondary N) is 1. The van der Waals surface area contributed by atoms with Crippen molar-refractivity contribution in [3.05, 3.63) is 45.2 Å². The lowest BCUT2D eigenvalue weighted by molar-refractivity contribution is 0.103. The number of carbonyl (C=O) groups is 1. The zero-order valence-electron chi connectivity index (χ0n) is 13.9. The fourth-order valence-electron chi connectivity index (χ4n) is 2.57. The Kier molecular flexibility index (Phi) is 4.84. The molecule has 0 bridgehead atoms. The average Bonchev–Trinajstić information content (AvgIpc) is 3.14. The van der Waals surface area contributed by atoms with Crippen molar-refractivity contribution in [3.63, 3.8) is 0 Å². The van der Waals surface area contributed by atoms with E-state index in [4.69, 9.17) is 21.1 Å². The van der Waals surface area contributed by atoms with Gasteiger partial charge in [0.1, 0.15) is 9.88 Å². The molecule has 3 aromatic rings. The first-order valence-corrected chi connectivity index (χ1v) is 10.1. The maximum absolute atomic E-state index is 12.7. The van der Waals surface area contributed by atoms with Crippen molar-refractivity contribution in [1.29, 1.82) is 0 Å². The second-order valence-corrected chi connectivity index (χ2v) is 8.42. The van der Waals surface area contributed by atoms with E-state index in [0.717, 1.165) is 16.3 Å². The van der Waals surface area contributed by atoms with E-state index in [-0.39, 0.29) is 5.91 Å². The summed E-state index contributed by atoms with van der Waals surface area (Å²) in [7, 11) is 0. The lowest BCUT2D eigenvalue weighted by Crippen LogP contribution is -2.11. The maximum atomic E-state index is 12.7. The molecule has 0 atom stereocenters. The van der Waals surface area contributed by atoms with Gasteiger partial charge in [0.25, 0.3) is 5.91 Å². The highest BCUT2D eigenvalue weighted by Crippen LogP contribution is 2.36. The lowest BCUT2D eigenvalue weighted by atomic mass is 10.2. The molecular weight excluding hydrogens is 392 g/mol. The predicted molar refractivity (Wildman–Crippen MR) is 105 cm³/mol. The molecule has 134 valence electrons. The normalized spacial score (nSPS) is 13.3. The Morgan fingerprint density at radius 3 is 2.73 bits per heavy atom. The summed E-state index contributed by atoms with van der Waals surface area (Å²) in [5, 5.41) is 3.71. The van der Waals surface area contributed by atoms with Crippen molar-refractivity contribution in [2.24, 2.45) is 0 Å². The summed E-state index contributed by atoms with van der Waals surface area (Å²) in [6, 6.07) is 9.15. The quantitative estimate of drug-likeness (QED) is 0.645. The first-order valence-electron chi connectivity index (χ1n) is 8.04. The third kappa shape index (κ3) is 3.56. The number of thiophene rings is 1. The van der Waals surface area contributed by atoms with E-state index in [2.05, 4.69) is 10.3 Å². The molecule has 1 amide bonds. The van der Waals surface area contributed by atoms with Crippen LogP contribution in [0.5, 0.6) is 11.5 Å². The zero-order chi connectivity index (χ0) is 18.1. The third-order valence-corrected chi connectivity index (χ3v) is 6.35. The Hall–Kier alpha value is -2.09. The standard InChI is InChI=1S/C18H15ClN2O3S2/c1-10-16(26-18(20-10)14-5-6-15(19)25-14)17(22)21-11-3-4-12-13(9-11)24-8-2-7-23-12/h3-6,9H,2,7-8H2,1H3,(H,21,22). The topological polar surface area (TPSA) is 60.5 Å². The van der Waals surface area contributed by atoms with Crippen LogP contribution in [0.4, 0.5) is 5.69 Å². The van der Waals surface area contributed by atoms with Crippen molar-refractivity contribution < 1.29 is 14.3 Å². The Morgan fingerprint density at radius 1 is 1.15 bits per heavy atom. The molecule has 0 saturated carbocycles. The fourth-order valence-corrected chi connectivity index (χ4v) is 4.63. The molecule has 0 unspecified atom stereocenters. The van der Waals surface area contributed by atoms with Gasteiger partial charge in [-0.3, -0.25) is 4.79 Å². The number of halogens is 1. The summed E-state index contributed by atoms with van der Waals surface area (Å²) >= 11 is 8.80. The highest BCUT2D eigenvalue weighted by atomic mass is 35.5. The Labute approximate surface area is 163 Å². The molecule has 1 aliphatic rings. The monoisotopic (exact) mass is 406 g/mol. The molecule has 1 aliphatic heterocycles. The third-order valence-electron chi connectivity index (χ3n) is 3.79. The molecule has 2 aromatic heterocycles. The van der Waals surface area contributed by atoms with Gasteiger partial charge in [-0.2, -0.15) is 0 Å². The van der Waals surface area contributed by atoms with Gasteiger partial charge < -0.3 is 14.8 Å². The maximum Gasteiger partial charge on any atom is 0.267 e. The average molecular weight is 407 g/mol. The minimum absolute atomic E-state index is 0.191. The van der Waals surface area contributed by atoms with Crippen molar-refractivity contribution in [3.8, 4) is 21.4 Å². The van der Waals surface area contributed by atoms with Gasteiger partial charge in [-0.15, -0.1) is 22.7 Å².